The van der Waals surface area contributed by atoms with Gasteiger partial charge in [-0.1, -0.05) is 36.4 Å². The minimum atomic E-state index is -0.269. The number of azo groups is 1. The van der Waals surface area contributed by atoms with E-state index in [1.165, 1.54) is 0 Å². The first-order valence-corrected chi connectivity index (χ1v) is 7.45. The molecule has 0 aliphatic heterocycles. The first kappa shape index (κ1) is 15.6. The van der Waals surface area contributed by atoms with E-state index in [1.54, 1.807) is 48.5 Å². The summed E-state index contributed by atoms with van der Waals surface area (Å²) in [4.78, 5) is 12.3. The zero-order chi connectivity index (χ0) is 16.8. The average molecular weight is 316 g/mol. The largest absolute Gasteiger partial charge is 0.272 e. The smallest absolute Gasteiger partial charge is 0.267 e. The number of hydrogen-bond donors (Lipinski definition) is 1. The van der Waals surface area contributed by atoms with Gasteiger partial charge >= 0.3 is 0 Å². The number of rotatable bonds is 4. The van der Waals surface area contributed by atoms with Crippen molar-refractivity contribution in [2.24, 2.45) is 16.1 Å². The maximum absolute atomic E-state index is 12.3. The molecule has 0 unspecified atom stereocenters. The molecule has 1 amide bonds. The van der Waals surface area contributed by atoms with Gasteiger partial charge in [0, 0.05) is 5.56 Å². The minimum absolute atomic E-state index is 0.269. The van der Waals surface area contributed by atoms with E-state index < -0.39 is 0 Å². The van der Waals surface area contributed by atoms with Crippen LogP contribution in [0.3, 0.4) is 0 Å². The molecule has 0 fully saturated rings. The molecular weight excluding hydrogens is 300 g/mol. The van der Waals surface area contributed by atoms with Crippen molar-refractivity contribution in [3.05, 3.63) is 90.5 Å². The van der Waals surface area contributed by atoms with Crippen LogP contribution in [0.25, 0.3) is 0 Å². The second-order valence-electron chi connectivity index (χ2n) is 5.09. The highest BCUT2D eigenvalue weighted by molar-refractivity contribution is 6.05. The number of amides is 1. The minimum Gasteiger partial charge on any atom is -0.267 e. The van der Waals surface area contributed by atoms with Crippen LogP contribution in [-0.4, -0.2) is 5.91 Å². The summed E-state index contributed by atoms with van der Waals surface area (Å²) in [6.07, 6.45) is 0. The molecule has 2 N–H and O–H groups in total. The first-order chi connectivity index (χ1) is 11.7. The van der Waals surface area contributed by atoms with E-state index in [1.807, 2.05) is 36.4 Å². The van der Waals surface area contributed by atoms with Gasteiger partial charge in [-0.25, -0.2) is 10.9 Å². The fourth-order valence-electron chi connectivity index (χ4n) is 2.13. The summed E-state index contributed by atoms with van der Waals surface area (Å²) < 4.78 is 0. The van der Waals surface area contributed by atoms with Crippen LogP contribution in [0, 0.1) is 0 Å². The number of anilines is 1. The van der Waals surface area contributed by atoms with Gasteiger partial charge in [0.25, 0.3) is 5.91 Å². The number of hydrazine groups is 1. The molecule has 3 rings (SSSR count). The Bertz CT molecular complexity index is 830. The van der Waals surface area contributed by atoms with Crippen LogP contribution >= 0.6 is 0 Å². The van der Waals surface area contributed by atoms with Gasteiger partial charge in [0.1, 0.15) is 0 Å². The monoisotopic (exact) mass is 316 g/mol. The SMILES string of the molecule is NN(C(=O)c1ccccc1)c1ccc(/N=N/c2ccccc2)cc1. The standard InChI is InChI=1S/C19H16N4O/c20-23(19(24)15-7-3-1-4-8-15)18-13-11-17(12-14-18)22-21-16-9-5-2-6-10-16/h1-14H,20H2/b22-21+. The summed E-state index contributed by atoms with van der Waals surface area (Å²) in [7, 11) is 0. The summed E-state index contributed by atoms with van der Waals surface area (Å²) in [5.74, 6) is 5.65. The molecule has 118 valence electrons. The quantitative estimate of drug-likeness (QED) is 0.330. The van der Waals surface area contributed by atoms with Crippen LogP contribution in [-0.2, 0) is 0 Å². The maximum atomic E-state index is 12.3. The molecule has 0 aromatic heterocycles. The second-order valence-corrected chi connectivity index (χ2v) is 5.09. The van der Waals surface area contributed by atoms with E-state index in [9.17, 15) is 4.79 Å². The van der Waals surface area contributed by atoms with Crippen molar-refractivity contribution in [2.45, 2.75) is 0 Å². The predicted octanol–water partition coefficient (Wildman–Crippen LogP) is 4.62. The predicted molar refractivity (Wildman–Crippen MR) is 94.5 cm³/mol. The van der Waals surface area contributed by atoms with Crippen molar-refractivity contribution in [2.75, 3.05) is 5.01 Å². The Morgan fingerprint density at radius 2 is 1.21 bits per heavy atom. The summed E-state index contributed by atoms with van der Waals surface area (Å²) >= 11 is 0. The van der Waals surface area contributed by atoms with Gasteiger partial charge in [0.2, 0.25) is 0 Å². The van der Waals surface area contributed by atoms with Gasteiger partial charge in [-0.05, 0) is 48.5 Å². The molecule has 0 saturated heterocycles. The molecule has 0 atom stereocenters. The summed E-state index contributed by atoms with van der Waals surface area (Å²) in [6.45, 7) is 0. The fourth-order valence-corrected chi connectivity index (χ4v) is 2.13. The van der Waals surface area contributed by atoms with Crippen molar-refractivity contribution in [3.63, 3.8) is 0 Å². The van der Waals surface area contributed by atoms with Gasteiger partial charge in [0.05, 0.1) is 17.1 Å². The van der Waals surface area contributed by atoms with E-state index in [2.05, 4.69) is 10.2 Å². The van der Waals surface area contributed by atoms with Crippen LogP contribution < -0.4 is 10.9 Å². The highest BCUT2D eigenvalue weighted by Gasteiger charge is 2.13. The number of nitrogens with two attached hydrogens (primary N) is 1. The lowest BCUT2D eigenvalue weighted by atomic mass is 10.2. The van der Waals surface area contributed by atoms with Crippen LogP contribution in [0.15, 0.2) is 95.2 Å². The molecule has 0 heterocycles. The van der Waals surface area contributed by atoms with Gasteiger partial charge < -0.3 is 0 Å². The molecule has 3 aromatic rings. The lowest BCUT2D eigenvalue weighted by Crippen LogP contribution is -2.37. The first-order valence-electron chi connectivity index (χ1n) is 7.45. The second kappa shape index (κ2) is 7.30. The van der Waals surface area contributed by atoms with E-state index in [-0.39, 0.29) is 5.91 Å². The molecule has 5 heteroatoms. The van der Waals surface area contributed by atoms with Gasteiger partial charge in [0.15, 0.2) is 0 Å². The number of hydrogen-bond acceptors (Lipinski definition) is 4. The summed E-state index contributed by atoms with van der Waals surface area (Å²) in [5.41, 5.74) is 2.58. The number of benzene rings is 3. The molecule has 0 saturated carbocycles. The molecule has 0 aliphatic carbocycles. The average Bonchev–Trinajstić information content (AvgIpc) is 2.67. The molecule has 3 aromatic carbocycles. The van der Waals surface area contributed by atoms with E-state index in [4.69, 9.17) is 5.84 Å². The highest BCUT2D eigenvalue weighted by Crippen LogP contribution is 2.21. The van der Waals surface area contributed by atoms with Crippen molar-refractivity contribution < 1.29 is 4.79 Å². The van der Waals surface area contributed by atoms with Crippen LogP contribution in [0.1, 0.15) is 10.4 Å². The zero-order valence-electron chi connectivity index (χ0n) is 12.9. The summed E-state index contributed by atoms with van der Waals surface area (Å²) in [5, 5.41) is 9.43. The number of nitrogens with zero attached hydrogens (tertiary/aromatic N) is 3. The molecule has 0 bridgehead atoms. The maximum Gasteiger partial charge on any atom is 0.272 e. The molecular formula is C19H16N4O. The Labute approximate surface area is 140 Å². The molecule has 0 spiro atoms. The third-order valence-corrected chi connectivity index (χ3v) is 3.40. The molecule has 0 aliphatic rings. The Morgan fingerprint density at radius 3 is 1.79 bits per heavy atom. The van der Waals surface area contributed by atoms with Crippen LogP contribution in [0.5, 0.6) is 0 Å². The van der Waals surface area contributed by atoms with Crippen LogP contribution in [0.2, 0.25) is 0 Å². The lowest BCUT2D eigenvalue weighted by molar-refractivity contribution is 0.0987. The summed E-state index contributed by atoms with van der Waals surface area (Å²) in [6, 6.07) is 25.4. The normalized spacial score (nSPS) is 10.7. The Balaban J connectivity index is 1.72. The third-order valence-electron chi connectivity index (χ3n) is 3.40. The van der Waals surface area contributed by atoms with Gasteiger partial charge in [-0.2, -0.15) is 10.2 Å². The molecule has 24 heavy (non-hydrogen) atoms. The number of carbonyl (C=O) groups excluding carboxylic acids is 1. The van der Waals surface area contributed by atoms with E-state index in [0.717, 1.165) is 10.7 Å². The van der Waals surface area contributed by atoms with Crippen molar-refractivity contribution in [1.82, 2.24) is 0 Å². The molecule has 5 nitrogen and oxygen atoms in total. The van der Waals surface area contributed by atoms with Crippen molar-refractivity contribution in [3.8, 4) is 0 Å². The topological polar surface area (TPSA) is 71.0 Å². The Morgan fingerprint density at radius 1 is 0.708 bits per heavy atom. The zero-order valence-corrected chi connectivity index (χ0v) is 12.9. The van der Waals surface area contributed by atoms with E-state index in [0.29, 0.717) is 16.9 Å². The molecule has 0 radical (unpaired) electrons. The number of carbonyl (C=O) groups is 1. The Hall–Kier alpha value is -3.31. The highest BCUT2D eigenvalue weighted by atomic mass is 16.2. The van der Waals surface area contributed by atoms with Crippen molar-refractivity contribution in [1.29, 1.82) is 0 Å². The van der Waals surface area contributed by atoms with Crippen molar-refractivity contribution >= 4 is 23.0 Å². The lowest BCUT2D eigenvalue weighted by Gasteiger charge is -2.16. The Kier molecular flexibility index (Phi) is 4.74. The van der Waals surface area contributed by atoms with Gasteiger partial charge in [-0.15, -0.1) is 0 Å². The fraction of sp³-hybridized carbons (Fsp3) is 0. The third kappa shape index (κ3) is 3.71. The van der Waals surface area contributed by atoms with Gasteiger partial charge in [-0.3, -0.25) is 4.79 Å². The van der Waals surface area contributed by atoms with E-state index >= 15 is 0 Å². The van der Waals surface area contributed by atoms with Crippen LogP contribution in [0.4, 0.5) is 17.1 Å².